The second-order valence-corrected chi connectivity index (χ2v) is 6.26. The first kappa shape index (κ1) is 14.2. The van der Waals surface area contributed by atoms with E-state index in [2.05, 4.69) is 0 Å². The normalized spacial score (nSPS) is 12.0. The number of hydrogen-bond acceptors (Lipinski definition) is 4. The summed E-state index contributed by atoms with van der Waals surface area (Å²) in [5.41, 5.74) is 1.07. The molecular weight excluding hydrogens is 238 g/mol. The molecule has 1 aromatic carbocycles. The van der Waals surface area contributed by atoms with Gasteiger partial charge < -0.3 is 4.74 Å². The van der Waals surface area contributed by atoms with E-state index in [1.54, 1.807) is 26.2 Å². The van der Waals surface area contributed by atoms with Gasteiger partial charge in [0.15, 0.2) is 9.84 Å². The number of rotatable bonds is 6. The van der Waals surface area contributed by atoms with Crippen molar-refractivity contribution in [1.29, 1.82) is 0 Å². The van der Waals surface area contributed by atoms with E-state index in [-0.39, 0.29) is 5.75 Å². The van der Waals surface area contributed by atoms with Crippen LogP contribution in [0.15, 0.2) is 29.2 Å². The standard InChI is InChI=1S/C12H19NO3S/c1-4-17(14,15)12-7-5-11(6-8-12)9-13(2)10-16-3/h5-8H,4,9-10H2,1-3H3. The molecule has 96 valence electrons. The Hall–Kier alpha value is -0.910. The zero-order chi connectivity index (χ0) is 12.9. The van der Waals surface area contributed by atoms with E-state index in [4.69, 9.17) is 4.74 Å². The third-order valence-electron chi connectivity index (χ3n) is 2.46. The number of benzene rings is 1. The van der Waals surface area contributed by atoms with Gasteiger partial charge in [0.25, 0.3) is 0 Å². The van der Waals surface area contributed by atoms with E-state index in [9.17, 15) is 8.42 Å². The number of sulfone groups is 1. The molecule has 0 aliphatic rings. The summed E-state index contributed by atoms with van der Waals surface area (Å²) < 4.78 is 28.2. The smallest absolute Gasteiger partial charge is 0.178 e. The summed E-state index contributed by atoms with van der Waals surface area (Å²) in [5, 5.41) is 0. The number of ether oxygens (including phenoxy) is 1. The molecule has 0 saturated carbocycles. The van der Waals surface area contributed by atoms with Crippen molar-refractivity contribution in [3.63, 3.8) is 0 Å². The molecule has 0 aliphatic heterocycles. The van der Waals surface area contributed by atoms with E-state index in [1.807, 2.05) is 24.1 Å². The van der Waals surface area contributed by atoms with Crippen molar-refractivity contribution in [1.82, 2.24) is 4.90 Å². The lowest BCUT2D eigenvalue weighted by Gasteiger charge is -2.15. The molecule has 1 rings (SSSR count). The van der Waals surface area contributed by atoms with Gasteiger partial charge in [-0.05, 0) is 24.7 Å². The molecule has 0 saturated heterocycles. The van der Waals surface area contributed by atoms with Crippen molar-refractivity contribution in [3.8, 4) is 0 Å². The van der Waals surface area contributed by atoms with Gasteiger partial charge in [-0.15, -0.1) is 0 Å². The van der Waals surface area contributed by atoms with Crippen molar-refractivity contribution in [2.24, 2.45) is 0 Å². The summed E-state index contributed by atoms with van der Waals surface area (Å²) in [6.45, 7) is 2.94. The lowest BCUT2D eigenvalue weighted by molar-refractivity contribution is 0.0771. The average Bonchev–Trinajstić information content (AvgIpc) is 2.30. The first-order valence-corrected chi connectivity index (χ1v) is 7.14. The van der Waals surface area contributed by atoms with E-state index >= 15 is 0 Å². The van der Waals surface area contributed by atoms with Crippen molar-refractivity contribution >= 4 is 9.84 Å². The highest BCUT2D eigenvalue weighted by atomic mass is 32.2. The second kappa shape index (κ2) is 6.14. The Kier molecular flexibility index (Phi) is 5.11. The molecular formula is C12H19NO3S. The van der Waals surface area contributed by atoms with E-state index in [0.29, 0.717) is 11.6 Å². The Morgan fingerprint density at radius 3 is 2.29 bits per heavy atom. The summed E-state index contributed by atoms with van der Waals surface area (Å²) in [5.74, 6) is 0.135. The molecule has 17 heavy (non-hydrogen) atoms. The van der Waals surface area contributed by atoms with Gasteiger partial charge in [0.2, 0.25) is 0 Å². The van der Waals surface area contributed by atoms with Crippen LogP contribution in [0.2, 0.25) is 0 Å². The monoisotopic (exact) mass is 257 g/mol. The zero-order valence-corrected chi connectivity index (χ0v) is 11.3. The molecule has 0 heterocycles. The molecule has 0 bridgehead atoms. The van der Waals surface area contributed by atoms with Crippen LogP contribution in [0.4, 0.5) is 0 Å². The fourth-order valence-corrected chi connectivity index (χ4v) is 2.43. The minimum Gasteiger partial charge on any atom is -0.369 e. The predicted molar refractivity (Wildman–Crippen MR) is 67.5 cm³/mol. The Morgan fingerprint density at radius 1 is 1.24 bits per heavy atom. The van der Waals surface area contributed by atoms with Gasteiger partial charge in [-0.2, -0.15) is 0 Å². The zero-order valence-electron chi connectivity index (χ0n) is 10.5. The summed E-state index contributed by atoms with van der Waals surface area (Å²) in [6.07, 6.45) is 0. The van der Waals surface area contributed by atoms with Gasteiger partial charge in [-0.1, -0.05) is 19.1 Å². The maximum atomic E-state index is 11.6. The maximum Gasteiger partial charge on any atom is 0.178 e. The molecule has 5 heteroatoms. The SMILES string of the molecule is CCS(=O)(=O)c1ccc(CN(C)COC)cc1. The van der Waals surface area contributed by atoms with Crippen molar-refractivity contribution in [3.05, 3.63) is 29.8 Å². The van der Waals surface area contributed by atoms with Gasteiger partial charge in [0.1, 0.15) is 0 Å². The highest BCUT2D eigenvalue weighted by Crippen LogP contribution is 2.13. The average molecular weight is 257 g/mol. The molecule has 1 aromatic rings. The van der Waals surface area contributed by atoms with Crippen molar-refractivity contribution in [2.45, 2.75) is 18.4 Å². The largest absolute Gasteiger partial charge is 0.369 e. The van der Waals surface area contributed by atoms with Crippen LogP contribution in [0.5, 0.6) is 0 Å². The number of nitrogens with zero attached hydrogens (tertiary/aromatic N) is 1. The van der Waals surface area contributed by atoms with Gasteiger partial charge in [-0.25, -0.2) is 8.42 Å². The fraction of sp³-hybridized carbons (Fsp3) is 0.500. The quantitative estimate of drug-likeness (QED) is 0.725. The summed E-state index contributed by atoms with van der Waals surface area (Å²) in [4.78, 5) is 2.39. The molecule has 0 atom stereocenters. The third kappa shape index (κ3) is 4.11. The second-order valence-electron chi connectivity index (χ2n) is 3.98. The molecule has 0 aromatic heterocycles. The third-order valence-corrected chi connectivity index (χ3v) is 4.21. The van der Waals surface area contributed by atoms with Crippen LogP contribution in [0, 0.1) is 0 Å². The molecule has 0 N–H and O–H groups in total. The molecule has 0 aliphatic carbocycles. The highest BCUT2D eigenvalue weighted by Gasteiger charge is 2.10. The topological polar surface area (TPSA) is 46.6 Å². The summed E-state index contributed by atoms with van der Waals surface area (Å²) in [6, 6.07) is 7.01. The van der Waals surface area contributed by atoms with Crippen LogP contribution in [0.3, 0.4) is 0 Å². The van der Waals surface area contributed by atoms with Gasteiger partial charge >= 0.3 is 0 Å². The lowest BCUT2D eigenvalue weighted by Crippen LogP contribution is -2.20. The fourth-order valence-electron chi connectivity index (χ4n) is 1.55. The summed E-state index contributed by atoms with van der Waals surface area (Å²) in [7, 11) is 0.499. The van der Waals surface area contributed by atoms with Crippen molar-refractivity contribution in [2.75, 3.05) is 26.6 Å². The van der Waals surface area contributed by atoms with Crippen LogP contribution in [0.25, 0.3) is 0 Å². The van der Waals surface area contributed by atoms with Gasteiger partial charge in [0, 0.05) is 13.7 Å². The minimum absolute atomic E-state index is 0.135. The summed E-state index contributed by atoms with van der Waals surface area (Å²) >= 11 is 0. The van der Waals surface area contributed by atoms with Crippen molar-refractivity contribution < 1.29 is 13.2 Å². The van der Waals surface area contributed by atoms with E-state index in [0.717, 1.165) is 12.1 Å². The lowest BCUT2D eigenvalue weighted by atomic mass is 10.2. The molecule has 0 amide bonds. The Morgan fingerprint density at radius 2 is 1.82 bits per heavy atom. The first-order chi connectivity index (χ1) is 7.99. The molecule has 0 spiro atoms. The van der Waals surface area contributed by atoms with Gasteiger partial charge in [0.05, 0.1) is 17.4 Å². The molecule has 0 radical (unpaired) electrons. The Bertz CT molecular complexity index is 439. The van der Waals surface area contributed by atoms with E-state index in [1.165, 1.54) is 0 Å². The minimum atomic E-state index is -3.09. The highest BCUT2D eigenvalue weighted by molar-refractivity contribution is 7.91. The molecule has 0 unspecified atom stereocenters. The van der Waals surface area contributed by atoms with Gasteiger partial charge in [-0.3, -0.25) is 4.90 Å². The molecule has 0 fully saturated rings. The maximum absolute atomic E-state index is 11.6. The number of hydrogen-bond donors (Lipinski definition) is 0. The Labute approximate surface area is 103 Å². The van der Waals surface area contributed by atoms with Crippen LogP contribution >= 0.6 is 0 Å². The Balaban J connectivity index is 2.75. The first-order valence-electron chi connectivity index (χ1n) is 5.48. The van der Waals surface area contributed by atoms with Crippen LogP contribution in [-0.4, -0.2) is 40.0 Å². The van der Waals surface area contributed by atoms with E-state index < -0.39 is 9.84 Å². The molecule has 4 nitrogen and oxygen atoms in total. The predicted octanol–water partition coefficient (Wildman–Crippen LogP) is 1.52. The van der Waals surface area contributed by atoms with Crippen LogP contribution in [-0.2, 0) is 21.1 Å². The van der Waals surface area contributed by atoms with Crippen LogP contribution < -0.4 is 0 Å². The number of methoxy groups -OCH3 is 1. The van der Waals surface area contributed by atoms with Crippen LogP contribution in [0.1, 0.15) is 12.5 Å².